The Labute approximate surface area is 163 Å². The Morgan fingerprint density at radius 2 is 2.07 bits per heavy atom. The van der Waals surface area contributed by atoms with Crippen LogP contribution in [-0.2, 0) is 22.5 Å². The lowest BCUT2D eigenvalue weighted by atomic mass is 10.2. The van der Waals surface area contributed by atoms with E-state index in [9.17, 15) is 9.59 Å². The third-order valence-corrected chi connectivity index (χ3v) is 4.20. The summed E-state index contributed by atoms with van der Waals surface area (Å²) in [4.78, 5) is 29.5. The normalized spacial score (nSPS) is 10.1. The quantitative estimate of drug-likeness (QED) is 0.705. The molecule has 2 rings (SSSR count). The predicted octanol–water partition coefficient (Wildman–Crippen LogP) is 3.31. The standard InChI is InChI=1S/C20H22ClN3O3/c1-3-15-8-9-17(22-13-15)12-19(25)27-11-10-24(2)20(26)23-14-16-6-4-5-7-18(16)21/h3-9,13H,1,10-12,14H2,2H3,(H,23,26). The van der Waals surface area contributed by atoms with Gasteiger partial charge in [0.1, 0.15) is 6.61 Å². The van der Waals surface area contributed by atoms with Crippen molar-refractivity contribution in [1.29, 1.82) is 0 Å². The molecule has 2 amide bonds. The van der Waals surface area contributed by atoms with Crippen LogP contribution >= 0.6 is 11.6 Å². The van der Waals surface area contributed by atoms with Gasteiger partial charge in [-0.2, -0.15) is 0 Å². The minimum absolute atomic E-state index is 0.0832. The second-order valence-electron chi connectivity index (χ2n) is 5.86. The summed E-state index contributed by atoms with van der Waals surface area (Å²) in [5, 5.41) is 3.37. The van der Waals surface area contributed by atoms with Crippen LogP contribution in [0.15, 0.2) is 49.2 Å². The van der Waals surface area contributed by atoms with Crippen LogP contribution < -0.4 is 5.32 Å². The monoisotopic (exact) mass is 387 g/mol. The van der Waals surface area contributed by atoms with Gasteiger partial charge in [0.2, 0.25) is 0 Å². The highest BCUT2D eigenvalue weighted by Gasteiger charge is 2.11. The summed E-state index contributed by atoms with van der Waals surface area (Å²) in [6.45, 7) is 4.37. The number of pyridine rings is 1. The molecule has 1 N–H and O–H groups in total. The maximum atomic E-state index is 12.1. The summed E-state index contributed by atoms with van der Waals surface area (Å²) in [6, 6.07) is 10.6. The largest absolute Gasteiger partial charge is 0.464 e. The number of hydrogen-bond acceptors (Lipinski definition) is 4. The molecule has 0 aliphatic heterocycles. The van der Waals surface area contributed by atoms with Crippen molar-refractivity contribution in [2.45, 2.75) is 13.0 Å². The molecule has 0 unspecified atom stereocenters. The number of ether oxygens (including phenoxy) is 1. The van der Waals surface area contributed by atoms with Crippen molar-refractivity contribution < 1.29 is 14.3 Å². The zero-order valence-electron chi connectivity index (χ0n) is 15.2. The second-order valence-corrected chi connectivity index (χ2v) is 6.26. The average molecular weight is 388 g/mol. The Morgan fingerprint density at radius 3 is 2.74 bits per heavy atom. The minimum atomic E-state index is -0.390. The van der Waals surface area contributed by atoms with E-state index in [1.807, 2.05) is 24.3 Å². The summed E-state index contributed by atoms with van der Waals surface area (Å²) in [5.74, 6) is -0.390. The van der Waals surface area contributed by atoms with Crippen LogP contribution in [0, 0.1) is 0 Å². The molecule has 1 aromatic heterocycles. The van der Waals surface area contributed by atoms with E-state index in [0.717, 1.165) is 11.1 Å². The lowest BCUT2D eigenvalue weighted by Crippen LogP contribution is -2.39. The third kappa shape index (κ3) is 6.75. The van der Waals surface area contributed by atoms with E-state index in [0.29, 0.717) is 17.3 Å². The van der Waals surface area contributed by atoms with Crippen molar-refractivity contribution in [3.05, 3.63) is 71.0 Å². The highest BCUT2D eigenvalue weighted by atomic mass is 35.5. The third-order valence-electron chi connectivity index (χ3n) is 3.83. The smallest absolute Gasteiger partial charge is 0.317 e. The number of nitrogens with one attached hydrogen (secondary N) is 1. The number of halogens is 1. The molecule has 0 radical (unpaired) electrons. The van der Waals surface area contributed by atoms with Gasteiger partial charge in [-0.05, 0) is 23.3 Å². The summed E-state index contributed by atoms with van der Waals surface area (Å²) in [7, 11) is 1.63. The molecule has 0 aliphatic rings. The van der Waals surface area contributed by atoms with Gasteiger partial charge < -0.3 is 15.0 Å². The van der Waals surface area contributed by atoms with Gasteiger partial charge in [0.25, 0.3) is 0 Å². The lowest BCUT2D eigenvalue weighted by Gasteiger charge is -2.18. The van der Waals surface area contributed by atoms with E-state index in [4.69, 9.17) is 16.3 Å². The van der Waals surface area contributed by atoms with Crippen LogP contribution in [0.4, 0.5) is 4.79 Å². The number of urea groups is 1. The van der Waals surface area contributed by atoms with E-state index in [2.05, 4.69) is 16.9 Å². The topological polar surface area (TPSA) is 71.5 Å². The molecule has 0 aliphatic carbocycles. The SMILES string of the molecule is C=Cc1ccc(CC(=O)OCCN(C)C(=O)NCc2ccccc2Cl)nc1. The molecule has 7 heteroatoms. The molecule has 1 aromatic carbocycles. The summed E-state index contributed by atoms with van der Waals surface area (Å²) >= 11 is 6.06. The van der Waals surface area contributed by atoms with Crippen molar-refractivity contribution in [1.82, 2.24) is 15.2 Å². The Morgan fingerprint density at radius 1 is 1.30 bits per heavy atom. The number of likely N-dealkylation sites (N-methyl/N-ethyl adjacent to an activating group) is 1. The Kier molecular flexibility index (Phi) is 7.82. The molecule has 6 nitrogen and oxygen atoms in total. The average Bonchev–Trinajstić information content (AvgIpc) is 2.67. The fraction of sp³-hybridized carbons (Fsp3) is 0.250. The highest BCUT2D eigenvalue weighted by Crippen LogP contribution is 2.14. The van der Waals surface area contributed by atoms with Crippen LogP contribution in [0.2, 0.25) is 5.02 Å². The molecule has 2 aromatic rings. The van der Waals surface area contributed by atoms with Gasteiger partial charge in [-0.15, -0.1) is 0 Å². The van der Waals surface area contributed by atoms with Gasteiger partial charge in [0.05, 0.1) is 18.7 Å². The number of hydrogen-bond donors (Lipinski definition) is 1. The lowest BCUT2D eigenvalue weighted by molar-refractivity contribution is -0.143. The Bertz CT molecular complexity index is 793. The molecular weight excluding hydrogens is 366 g/mol. The van der Waals surface area contributed by atoms with Gasteiger partial charge in [-0.3, -0.25) is 9.78 Å². The highest BCUT2D eigenvalue weighted by molar-refractivity contribution is 6.31. The first-order valence-corrected chi connectivity index (χ1v) is 8.82. The maximum Gasteiger partial charge on any atom is 0.317 e. The zero-order valence-corrected chi connectivity index (χ0v) is 15.9. The van der Waals surface area contributed by atoms with Gasteiger partial charge in [0.15, 0.2) is 0 Å². The van der Waals surface area contributed by atoms with Crippen LogP contribution in [-0.4, -0.2) is 42.1 Å². The summed E-state index contributed by atoms with van der Waals surface area (Å²) in [6.07, 6.45) is 3.41. The molecule has 0 spiro atoms. The minimum Gasteiger partial charge on any atom is -0.464 e. The van der Waals surface area contributed by atoms with Crippen molar-refractivity contribution >= 4 is 29.7 Å². The molecule has 0 saturated carbocycles. The molecular formula is C20H22ClN3O3. The number of carbonyl (C=O) groups excluding carboxylic acids is 2. The number of nitrogens with zero attached hydrogens (tertiary/aromatic N) is 2. The van der Waals surface area contributed by atoms with E-state index in [-0.39, 0.29) is 25.6 Å². The van der Waals surface area contributed by atoms with E-state index in [1.54, 1.807) is 31.5 Å². The Balaban J connectivity index is 1.68. The molecule has 0 fully saturated rings. The molecule has 0 bridgehead atoms. The summed E-state index contributed by atoms with van der Waals surface area (Å²) in [5.41, 5.74) is 2.34. The first-order valence-electron chi connectivity index (χ1n) is 8.45. The Hall–Kier alpha value is -2.86. The van der Waals surface area contributed by atoms with Crippen LogP contribution in [0.1, 0.15) is 16.8 Å². The number of amides is 2. The van der Waals surface area contributed by atoms with Gasteiger partial charge in [-0.1, -0.05) is 48.5 Å². The van der Waals surface area contributed by atoms with Crippen LogP contribution in [0.25, 0.3) is 6.08 Å². The molecule has 1 heterocycles. The maximum absolute atomic E-state index is 12.1. The number of benzene rings is 1. The second kappa shape index (κ2) is 10.3. The van der Waals surface area contributed by atoms with Crippen molar-refractivity contribution in [2.75, 3.05) is 20.2 Å². The predicted molar refractivity (Wildman–Crippen MR) is 105 cm³/mol. The number of carbonyl (C=O) groups is 2. The van der Waals surface area contributed by atoms with Crippen molar-refractivity contribution in [2.24, 2.45) is 0 Å². The van der Waals surface area contributed by atoms with Crippen molar-refractivity contribution in [3.63, 3.8) is 0 Å². The molecule has 0 atom stereocenters. The fourth-order valence-corrected chi connectivity index (χ4v) is 2.41. The van der Waals surface area contributed by atoms with Gasteiger partial charge >= 0.3 is 12.0 Å². The van der Waals surface area contributed by atoms with Crippen LogP contribution in [0.3, 0.4) is 0 Å². The number of rotatable bonds is 8. The van der Waals surface area contributed by atoms with Crippen LogP contribution in [0.5, 0.6) is 0 Å². The van der Waals surface area contributed by atoms with Gasteiger partial charge in [-0.25, -0.2) is 4.79 Å². The van der Waals surface area contributed by atoms with E-state index < -0.39 is 5.97 Å². The van der Waals surface area contributed by atoms with Crippen molar-refractivity contribution in [3.8, 4) is 0 Å². The molecule has 27 heavy (non-hydrogen) atoms. The molecule has 142 valence electrons. The number of esters is 1. The first-order chi connectivity index (χ1) is 13.0. The fourth-order valence-electron chi connectivity index (χ4n) is 2.21. The van der Waals surface area contributed by atoms with E-state index >= 15 is 0 Å². The zero-order chi connectivity index (χ0) is 19.6. The van der Waals surface area contributed by atoms with Gasteiger partial charge in [0, 0.05) is 24.8 Å². The summed E-state index contributed by atoms with van der Waals surface area (Å²) < 4.78 is 5.16. The molecule has 0 saturated heterocycles. The first kappa shape index (κ1) is 20.5. The number of aromatic nitrogens is 1. The van der Waals surface area contributed by atoms with E-state index in [1.165, 1.54) is 4.90 Å².